The lowest BCUT2D eigenvalue weighted by Crippen LogP contribution is -2.07. The number of aromatic nitrogens is 2. The van der Waals surface area contributed by atoms with Gasteiger partial charge in [-0.1, -0.05) is 5.16 Å². The van der Waals surface area contributed by atoms with Crippen LogP contribution >= 0.6 is 11.3 Å². The molecule has 0 atom stereocenters. The van der Waals surface area contributed by atoms with Crippen LogP contribution in [0.1, 0.15) is 18.4 Å². The van der Waals surface area contributed by atoms with Crippen molar-refractivity contribution in [3.05, 3.63) is 29.1 Å². The third-order valence-corrected chi connectivity index (χ3v) is 2.94. The van der Waals surface area contributed by atoms with Crippen molar-refractivity contribution in [1.29, 1.82) is 0 Å². The zero-order valence-electron chi connectivity index (χ0n) is 9.88. The lowest BCUT2D eigenvalue weighted by atomic mass is 10.3. The summed E-state index contributed by atoms with van der Waals surface area (Å²) in [5, 5.41) is 9.27. The maximum Gasteiger partial charge on any atom is 0.311 e. The fraction of sp³-hybridized carbons (Fsp3) is 0.364. The van der Waals surface area contributed by atoms with Crippen LogP contribution in [0.5, 0.6) is 0 Å². The van der Waals surface area contributed by atoms with Gasteiger partial charge in [0, 0.05) is 11.4 Å². The summed E-state index contributed by atoms with van der Waals surface area (Å²) in [5.41, 5.74) is 0.707. The third-order valence-electron chi connectivity index (χ3n) is 2.09. The largest absolute Gasteiger partial charge is 0.466 e. The number of hydrogen-bond donors (Lipinski definition) is 1. The van der Waals surface area contributed by atoms with Crippen molar-refractivity contribution in [2.45, 2.75) is 19.9 Å². The topological polar surface area (TPSA) is 77.2 Å². The van der Waals surface area contributed by atoms with Crippen molar-refractivity contribution in [3.8, 4) is 0 Å². The minimum Gasteiger partial charge on any atom is -0.466 e. The van der Waals surface area contributed by atoms with E-state index in [4.69, 9.17) is 9.26 Å². The summed E-state index contributed by atoms with van der Waals surface area (Å²) in [6.45, 7) is 2.69. The third kappa shape index (κ3) is 3.56. The summed E-state index contributed by atoms with van der Waals surface area (Å²) in [5.74, 6) is 0.474. The second-order valence-corrected chi connectivity index (χ2v) is 4.32. The van der Waals surface area contributed by atoms with Crippen LogP contribution in [0.2, 0.25) is 0 Å². The van der Waals surface area contributed by atoms with Crippen LogP contribution in [0.15, 0.2) is 22.2 Å². The molecule has 0 amide bonds. The molecule has 2 rings (SSSR count). The van der Waals surface area contributed by atoms with Crippen molar-refractivity contribution in [2.24, 2.45) is 0 Å². The number of rotatable bonds is 6. The quantitative estimate of drug-likeness (QED) is 0.805. The van der Waals surface area contributed by atoms with Gasteiger partial charge in [-0.15, -0.1) is 11.3 Å². The van der Waals surface area contributed by atoms with Crippen LogP contribution in [0.4, 0.5) is 5.13 Å². The van der Waals surface area contributed by atoms with Crippen LogP contribution in [-0.4, -0.2) is 22.7 Å². The number of thiazole rings is 1. The van der Waals surface area contributed by atoms with Gasteiger partial charge in [0.15, 0.2) is 10.9 Å². The van der Waals surface area contributed by atoms with Gasteiger partial charge in [0.1, 0.15) is 0 Å². The van der Waals surface area contributed by atoms with E-state index >= 15 is 0 Å². The second-order valence-electron chi connectivity index (χ2n) is 3.46. The predicted molar refractivity (Wildman–Crippen MR) is 66.3 cm³/mol. The summed E-state index contributed by atoms with van der Waals surface area (Å²) < 4.78 is 9.80. The van der Waals surface area contributed by atoms with Crippen molar-refractivity contribution < 1.29 is 14.1 Å². The standard InChI is InChI=1S/C11H13N3O3S/c1-2-16-10(15)5-8-7-18-11(14-8)12-6-9-3-4-13-17-9/h3-4,7H,2,5-6H2,1H3,(H,12,14). The molecule has 2 heterocycles. The Bertz CT molecular complexity index is 495. The Hall–Kier alpha value is -1.89. The fourth-order valence-corrected chi connectivity index (χ4v) is 2.03. The predicted octanol–water partition coefficient (Wildman–Crippen LogP) is 1.85. The van der Waals surface area contributed by atoms with Crippen LogP contribution in [-0.2, 0) is 22.5 Å². The molecule has 0 aliphatic carbocycles. The molecule has 1 N–H and O–H groups in total. The molecule has 2 aromatic heterocycles. The van der Waals surface area contributed by atoms with Crippen molar-refractivity contribution >= 4 is 22.4 Å². The molecule has 2 aromatic rings. The summed E-state index contributed by atoms with van der Waals surface area (Å²) in [6.07, 6.45) is 1.79. The van der Waals surface area contributed by atoms with E-state index in [1.807, 2.05) is 5.38 Å². The number of ether oxygens (including phenoxy) is 1. The molecule has 0 fully saturated rings. The summed E-state index contributed by atoms with van der Waals surface area (Å²) in [4.78, 5) is 15.5. The molecule has 0 unspecified atom stereocenters. The molecule has 18 heavy (non-hydrogen) atoms. The maximum absolute atomic E-state index is 11.3. The first-order valence-corrected chi connectivity index (χ1v) is 6.39. The summed E-state index contributed by atoms with van der Waals surface area (Å²) >= 11 is 1.44. The Morgan fingerprint density at radius 3 is 3.22 bits per heavy atom. The number of nitrogens with zero attached hydrogens (tertiary/aromatic N) is 2. The van der Waals surface area contributed by atoms with E-state index in [1.165, 1.54) is 11.3 Å². The van der Waals surface area contributed by atoms with E-state index in [0.29, 0.717) is 18.8 Å². The number of carbonyl (C=O) groups excluding carboxylic acids is 1. The molecule has 6 nitrogen and oxygen atoms in total. The van der Waals surface area contributed by atoms with Crippen LogP contribution in [0.25, 0.3) is 0 Å². The number of nitrogens with one attached hydrogen (secondary N) is 1. The Kier molecular flexibility index (Phi) is 4.30. The van der Waals surface area contributed by atoms with Gasteiger partial charge in [0.25, 0.3) is 0 Å². The first-order chi connectivity index (χ1) is 8.78. The van der Waals surface area contributed by atoms with Crippen molar-refractivity contribution in [2.75, 3.05) is 11.9 Å². The number of hydrogen-bond acceptors (Lipinski definition) is 7. The Morgan fingerprint density at radius 1 is 1.61 bits per heavy atom. The molecule has 0 saturated heterocycles. The first kappa shape index (κ1) is 12.6. The minimum atomic E-state index is -0.260. The van der Waals surface area contributed by atoms with Gasteiger partial charge in [-0.2, -0.15) is 0 Å². The van der Waals surface area contributed by atoms with Crippen LogP contribution in [0.3, 0.4) is 0 Å². The number of esters is 1. The highest BCUT2D eigenvalue weighted by molar-refractivity contribution is 7.13. The van der Waals surface area contributed by atoms with Gasteiger partial charge in [-0.3, -0.25) is 4.79 Å². The second kappa shape index (κ2) is 6.15. The lowest BCUT2D eigenvalue weighted by molar-refractivity contribution is -0.142. The van der Waals surface area contributed by atoms with E-state index in [2.05, 4.69) is 15.5 Å². The fourth-order valence-electron chi connectivity index (χ4n) is 1.33. The molecule has 0 saturated carbocycles. The highest BCUT2D eigenvalue weighted by Crippen LogP contribution is 2.17. The van der Waals surface area contributed by atoms with Crippen molar-refractivity contribution in [3.63, 3.8) is 0 Å². The SMILES string of the molecule is CCOC(=O)Cc1csc(NCc2ccno2)n1. The molecule has 96 valence electrons. The molecule has 7 heteroatoms. The summed E-state index contributed by atoms with van der Waals surface area (Å²) in [6, 6.07) is 1.78. The molecule has 0 spiro atoms. The molecular formula is C11H13N3O3S. The number of carbonyl (C=O) groups is 1. The Morgan fingerprint density at radius 2 is 2.50 bits per heavy atom. The average molecular weight is 267 g/mol. The summed E-state index contributed by atoms with van der Waals surface area (Å²) in [7, 11) is 0. The first-order valence-electron chi connectivity index (χ1n) is 5.51. The highest BCUT2D eigenvalue weighted by atomic mass is 32.1. The monoisotopic (exact) mass is 267 g/mol. The van der Waals surface area contributed by atoms with E-state index in [0.717, 1.165) is 10.9 Å². The van der Waals surface area contributed by atoms with Gasteiger partial charge >= 0.3 is 5.97 Å². The molecule has 0 aromatic carbocycles. The van der Waals surface area contributed by atoms with Gasteiger partial charge in [0.2, 0.25) is 0 Å². The minimum absolute atomic E-state index is 0.203. The van der Waals surface area contributed by atoms with Crippen LogP contribution in [0, 0.1) is 0 Å². The molecule has 0 aliphatic rings. The normalized spacial score (nSPS) is 10.3. The molecule has 0 aliphatic heterocycles. The van der Waals surface area contributed by atoms with Crippen LogP contribution < -0.4 is 5.32 Å². The maximum atomic E-state index is 11.3. The smallest absolute Gasteiger partial charge is 0.311 e. The Balaban J connectivity index is 1.84. The molecule has 0 radical (unpaired) electrons. The number of anilines is 1. The van der Waals surface area contributed by atoms with Gasteiger partial charge in [0.05, 0.1) is 31.5 Å². The van der Waals surface area contributed by atoms with E-state index < -0.39 is 0 Å². The molecular weight excluding hydrogens is 254 g/mol. The molecule has 0 bridgehead atoms. The van der Waals surface area contributed by atoms with E-state index in [-0.39, 0.29) is 12.4 Å². The van der Waals surface area contributed by atoms with E-state index in [1.54, 1.807) is 19.2 Å². The van der Waals surface area contributed by atoms with Crippen molar-refractivity contribution in [1.82, 2.24) is 10.1 Å². The highest BCUT2D eigenvalue weighted by Gasteiger charge is 2.08. The van der Waals surface area contributed by atoms with Gasteiger partial charge < -0.3 is 14.6 Å². The van der Waals surface area contributed by atoms with Gasteiger partial charge in [-0.25, -0.2) is 4.98 Å². The lowest BCUT2D eigenvalue weighted by Gasteiger charge is -1.99. The zero-order chi connectivity index (χ0) is 12.8. The average Bonchev–Trinajstić information content (AvgIpc) is 2.97. The van der Waals surface area contributed by atoms with Gasteiger partial charge in [-0.05, 0) is 6.92 Å². The van der Waals surface area contributed by atoms with E-state index in [9.17, 15) is 4.79 Å². The Labute approximate surface area is 108 Å². The zero-order valence-corrected chi connectivity index (χ0v) is 10.7.